The molecule has 4 aromatic rings. The van der Waals surface area contributed by atoms with Gasteiger partial charge in [0, 0.05) is 43.8 Å². The average Bonchev–Trinajstić information content (AvgIpc) is 3.23. The second-order valence-corrected chi connectivity index (χ2v) is 9.28. The summed E-state index contributed by atoms with van der Waals surface area (Å²) in [6.45, 7) is 5.91. The van der Waals surface area contributed by atoms with E-state index in [1.165, 1.54) is 9.13 Å². The summed E-state index contributed by atoms with van der Waals surface area (Å²) in [6, 6.07) is 9.95. The molecule has 4 heterocycles. The van der Waals surface area contributed by atoms with Gasteiger partial charge in [-0.15, -0.1) is 0 Å². The summed E-state index contributed by atoms with van der Waals surface area (Å²) < 4.78 is 4.65. The Balaban J connectivity index is 1.72. The van der Waals surface area contributed by atoms with Crippen molar-refractivity contribution in [1.29, 1.82) is 0 Å². The molecule has 1 aliphatic heterocycles. The summed E-state index contributed by atoms with van der Waals surface area (Å²) in [5.41, 5.74) is 7.80. The van der Waals surface area contributed by atoms with Crippen molar-refractivity contribution in [1.82, 2.24) is 23.7 Å². The summed E-state index contributed by atoms with van der Waals surface area (Å²) in [7, 11) is 1.67. The molecule has 1 aromatic carbocycles. The average molecular weight is 474 g/mol. The Morgan fingerprint density at radius 3 is 2.74 bits per heavy atom. The van der Waals surface area contributed by atoms with E-state index in [4.69, 9.17) is 10.7 Å². The Bertz CT molecular complexity index is 1560. The van der Waals surface area contributed by atoms with Crippen LogP contribution < -0.4 is 21.9 Å². The maximum atomic E-state index is 13.9. The second kappa shape index (κ2) is 9.14. The number of hydrogen-bond donors (Lipinski definition) is 1. The second-order valence-electron chi connectivity index (χ2n) is 9.28. The fraction of sp³-hybridized carbons (Fsp3) is 0.385. The Morgan fingerprint density at radius 2 is 1.97 bits per heavy atom. The topological polar surface area (TPSA) is 104 Å². The molecule has 9 nitrogen and oxygen atoms in total. The highest BCUT2D eigenvalue weighted by molar-refractivity contribution is 5.85. The van der Waals surface area contributed by atoms with Gasteiger partial charge in [-0.2, -0.15) is 4.98 Å². The molecule has 1 fully saturated rings. The molecular formula is C26H31N7O2. The van der Waals surface area contributed by atoms with E-state index in [-0.39, 0.29) is 18.1 Å². The van der Waals surface area contributed by atoms with Crippen LogP contribution in [-0.4, -0.2) is 42.8 Å². The van der Waals surface area contributed by atoms with E-state index >= 15 is 0 Å². The predicted molar refractivity (Wildman–Crippen MR) is 139 cm³/mol. The van der Waals surface area contributed by atoms with Crippen molar-refractivity contribution in [3.05, 3.63) is 74.7 Å². The van der Waals surface area contributed by atoms with Crippen LogP contribution >= 0.6 is 0 Å². The van der Waals surface area contributed by atoms with Crippen LogP contribution in [0.15, 0.2) is 52.1 Å². The van der Waals surface area contributed by atoms with Crippen molar-refractivity contribution in [3.8, 4) is 0 Å². The minimum Gasteiger partial charge on any atom is -0.341 e. The van der Waals surface area contributed by atoms with Crippen LogP contribution in [0.1, 0.15) is 31.2 Å². The molecule has 1 aliphatic rings. The first-order valence-corrected chi connectivity index (χ1v) is 12.1. The number of rotatable bonds is 5. The van der Waals surface area contributed by atoms with Crippen molar-refractivity contribution in [2.24, 2.45) is 12.8 Å². The number of anilines is 1. The standard InChI is InChI=1S/C26H31N7O2/c1-4-5-13-32-22-23(29-25(32)31-12-8-10-19(27)15-31)30(3)26(35)33(24(22)34)16-21-20-11-7-6-9-18(20)14-17(2)28-21/h4-7,9,11,14,19H,8,10,12-13,15-16,27H2,1-3H3/b5-4+/t19-/m0/s1. The van der Waals surface area contributed by atoms with Gasteiger partial charge in [0.25, 0.3) is 5.56 Å². The predicted octanol–water partition coefficient (Wildman–Crippen LogP) is 2.31. The first-order chi connectivity index (χ1) is 16.9. The lowest BCUT2D eigenvalue weighted by Crippen LogP contribution is -2.44. The number of aromatic nitrogens is 5. The minimum absolute atomic E-state index is 0.0554. The number of benzene rings is 1. The Hall–Kier alpha value is -3.72. The van der Waals surface area contributed by atoms with Gasteiger partial charge in [-0.25, -0.2) is 4.79 Å². The fourth-order valence-corrected chi connectivity index (χ4v) is 5.00. The van der Waals surface area contributed by atoms with Crippen molar-refractivity contribution in [2.45, 2.75) is 45.8 Å². The minimum atomic E-state index is -0.410. The Morgan fingerprint density at radius 1 is 1.17 bits per heavy atom. The molecule has 1 saturated heterocycles. The molecule has 1 atom stereocenters. The zero-order chi connectivity index (χ0) is 24.7. The highest BCUT2D eigenvalue weighted by Gasteiger charge is 2.26. The van der Waals surface area contributed by atoms with Crippen LogP contribution in [0.2, 0.25) is 0 Å². The lowest BCUT2D eigenvalue weighted by atomic mass is 10.1. The number of nitrogens with zero attached hydrogens (tertiary/aromatic N) is 6. The first kappa shape index (κ1) is 23.0. The highest BCUT2D eigenvalue weighted by Crippen LogP contribution is 2.24. The number of imidazole rings is 1. The summed E-state index contributed by atoms with van der Waals surface area (Å²) in [6.07, 6.45) is 5.86. The highest BCUT2D eigenvalue weighted by atomic mass is 16.2. The molecule has 5 rings (SSSR count). The number of pyridine rings is 1. The monoisotopic (exact) mass is 473 g/mol. The third-order valence-electron chi connectivity index (χ3n) is 6.73. The molecule has 9 heteroatoms. The van der Waals surface area contributed by atoms with Crippen molar-refractivity contribution < 1.29 is 0 Å². The third-order valence-corrected chi connectivity index (χ3v) is 6.73. The molecule has 0 unspecified atom stereocenters. The van der Waals surface area contributed by atoms with Gasteiger partial charge in [0.1, 0.15) is 0 Å². The van der Waals surface area contributed by atoms with E-state index < -0.39 is 5.69 Å². The lowest BCUT2D eigenvalue weighted by molar-refractivity contribution is 0.495. The summed E-state index contributed by atoms with van der Waals surface area (Å²) in [5.74, 6) is 0.678. The SMILES string of the molecule is C/C=C/Cn1c(N2CCC[C@H](N)C2)nc2c1c(=O)n(Cc1nc(C)cc3ccccc13)c(=O)n2C. The zero-order valence-electron chi connectivity index (χ0n) is 20.4. The van der Waals surface area contributed by atoms with E-state index in [0.29, 0.717) is 35.9 Å². The van der Waals surface area contributed by atoms with Gasteiger partial charge < -0.3 is 15.2 Å². The lowest BCUT2D eigenvalue weighted by Gasteiger charge is -2.31. The molecular weight excluding hydrogens is 442 g/mol. The number of hydrogen-bond acceptors (Lipinski definition) is 6. The van der Waals surface area contributed by atoms with Gasteiger partial charge in [0.15, 0.2) is 11.2 Å². The van der Waals surface area contributed by atoms with E-state index in [0.717, 1.165) is 35.9 Å². The number of piperidine rings is 1. The molecule has 0 radical (unpaired) electrons. The van der Waals surface area contributed by atoms with Gasteiger partial charge in [-0.1, -0.05) is 36.4 Å². The van der Waals surface area contributed by atoms with Gasteiger partial charge in [0.2, 0.25) is 5.95 Å². The summed E-state index contributed by atoms with van der Waals surface area (Å²) in [4.78, 5) is 38.9. The van der Waals surface area contributed by atoms with E-state index in [1.807, 2.05) is 60.9 Å². The molecule has 35 heavy (non-hydrogen) atoms. The molecule has 182 valence electrons. The largest absolute Gasteiger partial charge is 0.341 e. The van der Waals surface area contributed by atoms with Crippen molar-refractivity contribution in [3.63, 3.8) is 0 Å². The van der Waals surface area contributed by atoms with Crippen LogP contribution in [-0.2, 0) is 20.1 Å². The number of fused-ring (bicyclic) bond motifs is 2. The Kier molecular flexibility index (Phi) is 6.02. The Labute approximate surface area is 203 Å². The summed E-state index contributed by atoms with van der Waals surface area (Å²) >= 11 is 0. The van der Waals surface area contributed by atoms with Crippen LogP contribution in [0.25, 0.3) is 21.9 Å². The van der Waals surface area contributed by atoms with Gasteiger partial charge in [0.05, 0.1) is 12.2 Å². The van der Waals surface area contributed by atoms with Gasteiger partial charge in [-0.3, -0.25) is 18.9 Å². The van der Waals surface area contributed by atoms with E-state index in [1.54, 1.807) is 7.05 Å². The van der Waals surface area contributed by atoms with Crippen LogP contribution in [0.4, 0.5) is 5.95 Å². The maximum absolute atomic E-state index is 13.9. The molecule has 0 saturated carbocycles. The van der Waals surface area contributed by atoms with Crippen molar-refractivity contribution in [2.75, 3.05) is 18.0 Å². The molecule has 0 spiro atoms. The molecule has 2 N–H and O–H groups in total. The molecule has 0 bridgehead atoms. The van der Waals surface area contributed by atoms with Gasteiger partial charge >= 0.3 is 5.69 Å². The molecule has 0 aliphatic carbocycles. The number of allylic oxidation sites excluding steroid dienone is 2. The maximum Gasteiger partial charge on any atom is 0.332 e. The fourth-order valence-electron chi connectivity index (χ4n) is 5.00. The third kappa shape index (κ3) is 4.05. The van der Waals surface area contributed by atoms with E-state index in [2.05, 4.69) is 9.88 Å². The quantitative estimate of drug-likeness (QED) is 0.446. The smallest absolute Gasteiger partial charge is 0.332 e. The molecule has 0 amide bonds. The summed E-state index contributed by atoms with van der Waals surface area (Å²) in [5, 5.41) is 1.96. The molecule has 3 aromatic heterocycles. The van der Waals surface area contributed by atoms with Crippen LogP contribution in [0, 0.1) is 6.92 Å². The normalized spacial score (nSPS) is 16.7. The van der Waals surface area contributed by atoms with E-state index in [9.17, 15) is 9.59 Å². The van der Waals surface area contributed by atoms with Crippen LogP contribution in [0.5, 0.6) is 0 Å². The van der Waals surface area contributed by atoms with Crippen molar-refractivity contribution >= 4 is 27.9 Å². The number of aryl methyl sites for hydroxylation is 2. The zero-order valence-corrected chi connectivity index (χ0v) is 20.4. The van der Waals surface area contributed by atoms with Crippen LogP contribution in [0.3, 0.4) is 0 Å². The van der Waals surface area contributed by atoms with Gasteiger partial charge in [-0.05, 0) is 38.1 Å². The number of nitrogens with two attached hydrogens (primary N) is 1. The first-order valence-electron chi connectivity index (χ1n) is 12.1.